The van der Waals surface area contributed by atoms with Crippen LogP contribution in [0.5, 0.6) is 0 Å². The molecule has 3 rings (SSSR count). The smallest absolute Gasteiger partial charge is 0.202 e. The molecule has 17 heavy (non-hydrogen) atoms. The van der Waals surface area contributed by atoms with Crippen LogP contribution >= 0.6 is 0 Å². The zero-order valence-corrected chi connectivity index (χ0v) is 11.1. The van der Waals surface area contributed by atoms with Gasteiger partial charge in [-0.05, 0) is 50.9 Å². The molecule has 0 aliphatic heterocycles. The lowest BCUT2D eigenvalue weighted by molar-refractivity contribution is 0.303. The molecule has 94 valence electrons. The van der Waals surface area contributed by atoms with Gasteiger partial charge in [0.1, 0.15) is 0 Å². The summed E-state index contributed by atoms with van der Waals surface area (Å²) in [5.74, 6) is 3.89. The van der Waals surface area contributed by atoms with Crippen molar-refractivity contribution in [3.63, 3.8) is 0 Å². The molecule has 3 nitrogen and oxygen atoms in total. The quantitative estimate of drug-likeness (QED) is 0.870. The minimum absolute atomic E-state index is 0.561. The van der Waals surface area contributed by atoms with Crippen LogP contribution in [0.4, 0.5) is 5.95 Å². The SMILES string of the molecule is Cc1cn(C)c(NC(C)C2CC3CCC2C3)n1. The molecular formula is C14H23N3. The van der Waals surface area contributed by atoms with E-state index in [1.807, 2.05) is 6.92 Å². The van der Waals surface area contributed by atoms with E-state index in [0.717, 1.165) is 29.4 Å². The highest BCUT2D eigenvalue weighted by atomic mass is 15.2. The molecule has 1 aromatic heterocycles. The first kappa shape index (κ1) is 11.1. The molecule has 0 radical (unpaired) electrons. The molecule has 0 aromatic carbocycles. The number of nitrogens with zero attached hydrogens (tertiary/aromatic N) is 2. The highest BCUT2D eigenvalue weighted by molar-refractivity contribution is 5.30. The molecule has 0 spiro atoms. The molecular weight excluding hydrogens is 210 g/mol. The second-order valence-corrected chi connectivity index (χ2v) is 6.09. The van der Waals surface area contributed by atoms with E-state index in [9.17, 15) is 0 Å². The Bertz CT molecular complexity index is 410. The van der Waals surface area contributed by atoms with Gasteiger partial charge in [0, 0.05) is 19.3 Å². The van der Waals surface area contributed by atoms with Crippen molar-refractivity contribution in [2.45, 2.75) is 45.6 Å². The van der Waals surface area contributed by atoms with Gasteiger partial charge < -0.3 is 9.88 Å². The summed E-state index contributed by atoms with van der Waals surface area (Å²) in [6, 6.07) is 0.561. The third-order valence-corrected chi connectivity index (χ3v) is 4.79. The number of rotatable bonds is 3. The van der Waals surface area contributed by atoms with Crippen molar-refractivity contribution in [3.05, 3.63) is 11.9 Å². The Hall–Kier alpha value is -0.990. The van der Waals surface area contributed by atoms with Crippen molar-refractivity contribution in [1.82, 2.24) is 9.55 Å². The number of anilines is 1. The normalized spacial score (nSPS) is 33.0. The molecule has 0 amide bonds. The van der Waals surface area contributed by atoms with Crippen LogP contribution in [0.25, 0.3) is 0 Å². The molecule has 3 heteroatoms. The topological polar surface area (TPSA) is 29.9 Å². The van der Waals surface area contributed by atoms with Gasteiger partial charge in [-0.15, -0.1) is 0 Å². The second-order valence-electron chi connectivity index (χ2n) is 6.09. The fourth-order valence-corrected chi connectivity index (χ4v) is 3.97. The molecule has 2 aliphatic carbocycles. The summed E-state index contributed by atoms with van der Waals surface area (Å²) in [6.45, 7) is 4.38. The van der Waals surface area contributed by atoms with Crippen LogP contribution in [0.2, 0.25) is 0 Å². The highest BCUT2D eigenvalue weighted by Gasteiger charge is 2.41. The minimum atomic E-state index is 0.561. The maximum absolute atomic E-state index is 4.54. The van der Waals surface area contributed by atoms with Gasteiger partial charge in [0.15, 0.2) is 0 Å². The van der Waals surface area contributed by atoms with Crippen molar-refractivity contribution in [1.29, 1.82) is 0 Å². The molecule has 1 N–H and O–H groups in total. The van der Waals surface area contributed by atoms with Gasteiger partial charge in [-0.2, -0.15) is 0 Å². The van der Waals surface area contributed by atoms with Crippen molar-refractivity contribution in [3.8, 4) is 0 Å². The average molecular weight is 233 g/mol. The van der Waals surface area contributed by atoms with Gasteiger partial charge >= 0.3 is 0 Å². The fourth-order valence-electron chi connectivity index (χ4n) is 3.97. The Morgan fingerprint density at radius 1 is 1.41 bits per heavy atom. The standard InChI is InChI=1S/C14H23N3/c1-9-8-17(3)14(15-9)16-10(2)13-7-11-4-5-12(13)6-11/h8,10-13H,4-7H2,1-3H3,(H,15,16). The molecule has 0 saturated heterocycles. The highest BCUT2D eigenvalue weighted by Crippen LogP contribution is 2.49. The van der Waals surface area contributed by atoms with E-state index in [-0.39, 0.29) is 0 Å². The number of imidazole rings is 1. The van der Waals surface area contributed by atoms with Crippen LogP contribution in [0.3, 0.4) is 0 Å². The number of aromatic nitrogens is 2. The molecule has 1 heterocycles. The molecule has 2 bridgehead atoms. The number of aryl methyl sites for hydroxylation is 2. The van der Waals surface area contributed by atoms with Crippen molar-refractivity contribution in [2.24, 2.45) is 24.8 Å². The molecule has 1 aromatic rings. The van der Waals surface area contributed by atoms with Crippen LogP contribution < -0.4 is 5.32 Å². The first-order valence-corrected chi connectivity index (χ1v) is 6.90. The average Bonchev–Trinajstić information content (AvgIpc) is 2.94. The van der Waals surface area contributed by atoms with Crippen LogP contribution in [0.1, 0.15) is 38.3 Å². The Morgan fingerprint density at radius 3 is 2.76 bits per heavy atom. The Labute approximate surface area is 104 Å². The summed E-state index contributed by atoms with van der Waals surface area (Å²) in [5, 5.41) is 3.61. The molecule has 2 fully saturated rings. The van der Waals surface area contributed by atoms with Crippen molar-refractivity contribution >= 4 is 5.95 Å². The minimum Gasteiger partial charge on any atom is -0.353 e. The maximum Gasteiger partial charge on any atom is 0.202 e. The van der Waals surface area contributed by atoms with Gasteiger partial charge in [-0.1, -0.05) is 6.42 Å². The zero-order valence-electron chi connectivity index (χ0n) is 11.1. The summed E-state index contributed by atoms with van der Waals surface area (Å²) in [7, 11) is 2.07. The monoisotopic (exact) mass is 233 g/mol. The van der Waals surface area contributed by atoms with Gasteiger partial charge in [0.05, 0.1) is 5.69 Å². The van der Waals surface area contributed by atoms with E-state index in [2.05, 4.69) is 35.0 Å². The molecule has 2 aliphatic rings. The van der Waals surface area contributed by atoms with Gasteiger partial charge in [0.25, 0.3) is 0 Å². The predicted molar refractivity (Wildman–Crippen MR) is 70.0 cm³/mol. The van der Waals surface area contributed by atoms with E-state index >= 15 is 0 Å². The maximum atomic E-state index is 4.54. The van der Waals surface area contributed by atoms with E-state index in [4.69, 9.17) is 0 Å². The summed E-state index contributed by atoms with van der Waals surface area (Å²) in [6.07, 6.45) is 7.94. The lowest BCUT2D eigenvalue weighted by atomic mass is 9.84. The Balaban J connectivity index is 1.67. The number of nitrogens with one attached hydrogen (secondary N) is 1. The summed E-state index contributed by atoms with van der Waals surface area (Å²) < 4.78 is 2.10. The lowest BCUT2D eigenvalue weighted by Gasteiger charge is -2.28. The largest absolute Gasteiger partial charge is 0.353 e. The fraction of sp³-hybridized carbons (Fsp3) is 0.786. The van der Waals surface area contributed by atoms with Gasteiger partial charge in [-0.3, -0.25) is 0 Å². The first-order chi connectivity index (χ1) is 8.13. The second kappa shape index (κ2) is 4.04. The third kappa shape index (κ3) is 1.96. The predicted octanol–water partition coefficient (Wildman–Crippen LogP) is 2.97. The van der Waals surface area contributed by atoms with Crippen LogP contribution in [-0.4, -0.2) is 15.6 Å². The number of hydrogen-bond acceptors (Lipinski definition) is 2. The van der Waals surface area contributed by atoms with Gasteiger partial charge in [0.2, 0.25) is 5.95 Å². The van der Waals surface area contributed by atoms with E-state index in [1.165, 1.54) is 25.7 Å². The van der Waals surface area contributed by atoms with Crippen LogP contribution in [0, 0.1) is 24.7 Å². The Morgan fingerprint density at radius 2 is 2.24 bits per heavy atom. The van der Waals surface area contributed by atoms with E-state index < -0.39 is 0 Å². The van der Waals surface area contributed by atoms with Gasteiger partial charge in [-0.25, -0.2) is 4.98 Å². The van der Waals surface area contributed by atoms with Crippen LogP contribution in [0.15, 0.2) is 6.20 Å². The number of hydrogen-bond donors (Lipinski definition) is 1. The zero-order chi connectivity index (χ0) is 12.0. The van der Waals surface area contributed by atoms with Crippen LogP contribution in [-0.2, 0) is 7.05 Å². The summed E-state index contributed by atoms with van der Waals surface area (Å²) in [5.41, 5.74) is 1.09. The first-order valence-electron chi connectivity index (χ1n) is 6.90. The Kier molecular flexibility index (Phi) is 2.64. The molecule has 4 unspecified atom stereocenters. The molecule has 2 saturated carbocycles. The summed E-state index contributed by atoms with van der Waals surface area (Å²) in [4.78, 5) is 4.54. The summed E-state index contributed by atoms with van der Waals surface area (Å²) >= 11 is 0. The van der Waals surface area contributed by atoms with E-state index in [1.54, 1.807) is 0 Å². The van der Waals surface area contributed by atoms with Crippen molar-refractivity contribution < 1.29 is 0 Å². The lowest BCUT2D eigenvalue weighted by Crippen LogP contribution is -2.30. The molecule has 4 atom stereocenters. The number of fused-ring (bicyclic) bond motifs is 2. The van der Waals surface area contributed by atoms with Crippen molar-refractivity contribution in [2.75, 3.05) is 5.32 Å². The van der Waals surface area contributed by atoms with E-state index in [0.29, 0.717) is 6.04 Å². The third-order valence-electron chi connectivity index (χ3n) is 4.79.